The van der Waals surface area contributed by atoms with E-state index >= 15 is 0 Å². The van der Waals surface area contributed by atoms with E-state index in [4.69, 9.17) is 0 Å². The lowest BCUT2D eigenvalue weighted by molar-refractivity contribution is 0.574. The van der Waals surface area contributed by atoms with Crippen LogP contribution in [0.15, 0.2) is 18.2 Å². The van der Waals surface area contributed by atoms with Gasteiger partial charge in [0, 0.05) is 12.7 Å². The van der Waals surface area contributed by atoms with Gasteiger partial charge in [0.05, 0.1) is 0 Å². The molecule has 0 heterocycles. The number of hydrogen-bond donors (Lipinski definition) is 1. The molecule has 0 atom stereocenters. The van der Waals surface area contributed by atoms with E-state index in [2.05, 4.69) is 26.1 Å². The van der Waals surface area contributed by atoms with Crippen LogP contribution in [-0.2, 0) is 5.41 Å². The second kappa shape index (κ2) is 3.36. The summed E-state index contributed by atoms with van der Waals surface area (Å²) >= 11 is 0. The fourth-order valence-electron chi connectivity index (χ4n) is 1.35. The SMILES string of the molecule is CNc1ccc(F)cc1C(C)(C)C. The van der Waals surface area contributed by atoms with Gasteiger partial charge in [0.15, 0.2) is 0 Å². The molecule has 1 nitrogen and oxygen atoms in total. The fraction of sp³-hybridized carbons (Fsp3) is 0.455. The van der Waals surface area contributed by atoms with Gasteiger partial charge in [-0.3, -0.25) is 0 Å². The molecule has 0 saturated carbocycles. The molecule has 1 rings (SSSR count). The molecule has 13 heavy (non-hydrogen) atoms. The molecule has 0 spiro atoms. The highest BCUT2D eigenvalue weighted by Crippen LogP contribution is 2.29. The summed E-state index contributed by atoms with van der Waals surface area (Å²) in [5.74, 6) is -0.177. The van der Waals surface area contributed by atoms with Gasteiger partial charge in [0.2, 0.25) is 0 Å². The van der Waals surface area contributed by atoms with Crippen molar-refractivity contribution in [3.8, 4) is 0 Å². The predicted molar refractivity (Wildman–Crippen MR) is 54.6 cm³/mol. The molecule has 0 unspecified atom stereocenters. The van der Waals surface area contributed by atoms with Gasteiger partial charge >= 0.3 is 0 Å². The quantitative estimate of drug-likeness (QED) is 0.701. The molecular weight excluding hydrogens is 165 g/mol. The summed E-state index contributed by atoms with van der Waals surface area (Å²) in [6.45, 7) is 6.22. The minimum absolute atomic E-state index is 0.0273. The Morgan fingerprint density at radius 3 is 2.31 bits per heavy atom. The third-order valence-electron chi connectivity index (χ3n) is 2.06. The minimum Gasteiger partial charge on any atom is -0.388 e. The Kier molecular flexibility index (Phi) is 2.60. The Hall–Kier alpha value is -1.05. The monoisotopic (exact) mass is 181 g/mol. The molecular formula is C11H16FN. The van der Waals surface area contributed by atoms with Gasteiger partial charge in [0.1, 0.15) is 5.82 Å². The highest BCUT2D eigenvalue weighted by Gasteiger charge is 2.17. The average Bonchev–Trinajstić information content (AvgIpc) is 2.03. The molecule has 1 aromatic carbocycles. The maximum absolute atomic E-state index is 13.0. The number of nitrogens with one attached hydrogen (secondary N) is 1. The van der Waals surface area contributed by atoms with Crippen LogP contribution in [0.2, 0.25) is 0 Å². The molecule has 72 valence electrons. The van der Waals surface area contributed by atoms with Gasteiger partial charge in [0.25, 0.3) is 0 Å². The third-order valence-corrected chi connectivity index (χ3v) is 2.06. The van der Waals surface area contributed by atoms with Gasteiger partial charge in [-0.25, -0.2) is 4.39 Å². The van der Waals surface area contributed by atoms with E-state index in [0.717, 1.165) is 11.3 Å². The normalized spacial score (nSPS) is 11.5. The molecule has 0 saturated heterocycles. The molecule has 2 heteroatoms. The van der Waals surface area contributed by atoms with E-state index < -0.39 is 0 Å². The second-order valence-corrected chi connectivity index (χ2v) is 4.19. The van der Waals surface area contributed by atoms with Gasteiger partial charge in [-0.2, -0.15) is 0 Å². The fourth-order valence-corrected chi connectivity index (χ4v) is 1.35. The maximum Gasteiger partial charge on any atom is 0.123 e. The molecule has 0 aliphatic carbocycles. The number of anilines is 1. The molecule has 0 bridgehead atoms. The van der Waals surface area contributed by atoms with Crippen molar-refractivity contribution >= 4 is 5.69 Å². The van der Waals surface area contributed by atoms with Crippen LogP contribution in [-0.4, -0.2) is 7.05 Å². The summed E-state index contributed by atoms with van der Waals surface area (Å²) in [7, 11) is 1.85. The van der Waals surface area contributed by atoms with Gasteiger partial charge < -0.3 is 5.32 Å². The number of benzene rings is 1. The Balaban J connectivity index is 3.24. The lowest BCUT2D eigenvalue weighted by atomic mass is 9.86. The van der Waals surface area contributed by atoms with E-state index in [1.807, 2.05) is 7.05 Å². The topological polar surface area (TPSA) is 12.0 Å². The van der Waals surface area contributed by atoms with E-state index in [1.54, 1.807) is 12.1 Å². The number of halogens is 1. The Bertz CT molecular complexity index is 299. The van der Waals surface area contributed by atoms with Crippen molar-refractivity contribution < 1.29 is 4.39 Å². The van der Waals surface area contributed by atoms with E-state index in [1.165, 1.54) is 6.07 Å². The lowest BCUT2D eigenvalue weighted by Crippen LogP contribution is -2.14. The van der Waals surface area contributed by atoms with Crippen molar-refractivity contribution in [3.63, 3.8) is 0 Å². The zero-order valence-corrected chi connectivity index (χ0v) is 8.61. The summed E-state index contributed by atoms with van der Waals surface area (Å²) in [4.78, 5) is 0. The van der Waals surface area contributed by atoms with Crippen LogP contribution in [0.4, 0.5) is 10.1 Å². The van der Waals surface area contributed by atoms with Gasteiger partial charge in [-0.05, 0) is 29.2 Å². The summed E-state index contributed by atoms with van der Waals surface area (Å²) < 4.78 is 13.0. The highest BCUT2D eigenvalue weighted by atomic mass is 19.1. The van der Waals surface area contributed by atoms with Crippen molar-refractivity contribution in [1.82, 2.24) is 0 Å². The molecule has 0 radical (unpaired) electrons. The molecule has 0 aromatic heterocycles. The Morgan fingerprint density at radius 2 is 1.85 bits per heavy atom. The molecule has 0 aliphatic rings. The summed E-state index contributed by atoms with van der Waals surface area (Å²) in [6, 6.07) is 4.84. The first-order valence-corrected chi connectivity index (χ1v) is 4.43. The summed E-state index contributed by atoms with van der Waals surface area (Å²) in [5.41, 5.74) is 1.98. The van der Waals surface area contributed by atoms with Crippen LogP contribution in [0.3, 0.4) is 0 Å². The smallest absolute Gasteiger partial charge is 0.123 e. The zero-order chi connectivity index (χ0) is 10.1. The van der Waals surface area contributed by atoms with Crippen molar-refractivity contribution in [2.24, 2.45) is 0 Å². The average molecular weight is 181 g/mol. The first kappa shape index (κ1) is 10.0. The largest absolute Gasteiger partial charge is 0.388 e. The minimum atomic E-state index is -0.177. The molecule has 0 amide bonds. The van der Waals surface area contributed by atoms with Crippen molar-refractivity contribution in [3.05, 3.63) is 29.6 Å². The standard InChI is InChI=1S/C11H16FN/c1-11(2,3)9-7-8(12)5-6-10(9)13-4/h5-7,13H,1-4H3. The zero-order valence-electron chi connectivity index (χ0n) is 8.61. The van der Waals surface area contributed by atoms with Crippen LogP contribution in [0.1, 0.15) is 26.3 Å². The van der Waals surface area contributed by atoms with Crippen molar-refractivity contribution in [2.45, 2.75) is 26.2 Å². The Morgan fingerprint density at radius 1 is 1.23 bits per heavy atom. The third kappa shape index (κ3) is 2.20. The highest BCUT2D eigenvalue weighted by molar-refractivity contribution is 5.53. The van der Waals surface area contributed by atoms with E-state index in [0.29, 0.717) is 0 Å². The summed E-state index contributed by atoms with van der Waals surface area (Å²) in [5, 5.41) is 3.06. The van der Waals surface area contributed by atoms with Gasteiger partial charge in [-0.15, -0.1) is 0 Å². The van der Waals surface area contributed by atoms with Crippen molar-refractivity contribution in [2.75, 3.05) is 12.4 Å². The van der Waals surface area contributed by atoms with Crippen molar-refractivity contribution in [1.29, 1.82) is 0 Å². The first-order chi connectivity index (χ1) is 5.95. The van der Waals surface area contributed by atoms with Gasteiger partial charge in [-0.1, -0.05) is 20.8 Å². The molecule has 1 aromatic rings. The predicted octanol–water partition coefficient (Wildman–Crippen LogP) is 3.16. The Labute approximate surface area is 79.0 Å². The number of hydrogen-bond acceptors (Lipinski definition) is 1. The summed E-state index contributed by atoms with van der Waals surface area (Å²) in [6.07, 6.45) is 0. The van der Waals surface area contributed by atoms with E-state index in [-0.39, 0.29) is 11.2 Å². The second-order valence-electron chi connectivity index (χ2n) is 4.19. The van der Waals surface area contributed by atoms with E-state index in [9.17, 15) is 4.39 Å². The van der Waals surface area contributed by atoms with Crippen LogP contribution < -0.4 is 5.32 Å². The maximum atomic E-state index is 13.0. The molecule has 0 aliphatic heterocycles. The molecule has 1 N–H and O–H groups in total. The lowest BCUT2D eigenvalue weighted by Gasteiger charge is -2.22. The first-order valence-electron chi connectivity index (χ1n) is 4.43. The van der Waals surface area contributed by atoms with Crippen LogP contribution in [0, 0.1) is 5.82 Å². The molecule has 0 fully saturated rings. The van der Waals surface area contributed by atoms with Crippen LogP contribution in [0.25, 0.3) is 0 Å². The van der Waals surface area contributed by atoms with Crippen LogP contribution >= 0.6 is 0 Å². The number of rotatable bonds is 1. The van der Waals surface area contributed by atoms with Crippen LogP contribution in [0.5, 0.6) is 0 Å².